The van der Waals surface area contributed by atoms with Gasteiger partial charge < -0.3 is 15.4 Å². The molecule has 2 N–H and O–H groups in total. The van der Waals surface area contributed by atoms with Crippen LogP contribution in [0.5, 0.6) is 0 Å². The molecular formula is C16H27Cl2N3O2S. The first kappa shape index (κ1) is 21.7. The maximum Gasteiger partial charge on any atom is 0.239 e. The monoisotopic (exact) mass is 395 g/mol. The summed E-state index contributed by atoms with van der Waals surface area (Å²) in [5, 5.41) is 8.49. The van der Waals surface area contributed by atoms with E-state index in [1.54, 1.807) is 0 Å². The fourth-order valence-electron chi connectivity index (χ4n) is 3.16. The van der Waals surface area contributed by atoms with Gasteiger partial charge in [0.25, 0.3) is 0 Å². The Kier molecular flexibility index (Phi) is 8.98. The molecule has 3 atom stereocenters. The zero-order valence-electron chi connectivity index (χ0n) is 14.1. The molecule has 1 aromatic heterocycles. The Balaban J connectivity index is 0.00000144. The third-order valence-electron chi connectivity index (χ3n) is 4.63. The number of hydrogen-bond donors (Lipinski definition) is 2. The highest BCUT2D eigenvalue weighted by molar-refractivity contribution is 7.10. The molecule has 0 aliphatic carbocycles. The minimum Gasteiger partial charge on any atom is -0.375 e. The summed E-state index contributed by atoms with van der Waals surface area (Å²) in [7, 11) is 0. The van der Waals surface area contributed by atoms with Gasteiger partial charge in [-0.25, -0.2) is 0 Å². The summed E-state index contributed by atoms with van der Waals surface area (Å²) >= 11 is 1.86. The molecule has 3 rings (SSSR count). The van der Waals surface area contributed by atoms with Gasteiger partial charge in [-0.05, 0) is 37.3 Å². The van der Waals surface area contributed by atoms with Gasteiger partial charge >= 0.3 is 0 Å². The van der Waals surface area contributed by atoms with Crippen LogP contribution in [-0.4, -0.2) is 55.2 Å². The van der Waals surface area contributed by atoms with Crippen LogP contribution in [-0.2, 0) is 22.5 Å². The number of rotatable bonds is 4. The fraction of sp³-hybridized carbons (Fsp3) is 0.688. The largest absolute Gasteiger partial charge is 0.375 e. The Morgan fingerprint density at radius 3 is 3.08 bits per heavy atom. The van der Waals surface area contributed by atoms with Crippen LogP contribution in [0.2, 0.25) is 0 Å². The fourth-order valence-corrected chi connectivity index (χ4v) is 4.05. The van der Waals surface area contributed by atoms with Crippen molar-refractivity contribution in [2.75, 3.05) is 26.2 Å². The second-order valence-electron chi connectivity index (χ2n) is 6.19. The molecule has 3 heterocycles. The molecule has 0 radical (unpaired) electrons. The van der Waals surface area contributed by atoms with Crippen LogP contribution in [0.15, 0.2) is 11.4 Å². The van der Waals surface area contributed by atoms with E-state index >= 15 is 0 Å². The van der Waals surface area contributed by atoms with Gasteiger partial charge in [-0.2, -0.15) is 0 Å². The first-order chi connectivity index (χ1) is 10.6. The number of nitrogens with zero attached hydrogens (tertiary/aromatic N) is 1. The summed E-state index contributed by atoms with van der Waals surface area (Å²) in [6, 6.07) is 2.34. The van der Waals surface area contributed by atoms with Gasteiger partial charge in [-0.1, -0.05) is 0 Å². The molecule has 1 amide bonds. The number of morpholine rings is 1. The lowest BCUT2D eigenvalue weighted by molar-refractivity contribution is -0.129. The predicted molar refractivity (Wildman–Crippen MR) is 103 cm³/mol. The molecule has 0 aromatic carbocycles. The standard InChI is InChI=1S/C16H25N3O2S.2ClH/c1-11(19-6-3-14-13(10-19)4-8-22-14)9-18-16(20)15-12(2)21-7-5-17-15;;/h4,8,11-12,15,17H,3,5-7,9-10H2,1-2H3,(H,18,20);2*1H/t11?,12-,15+;;/m1../s1. The number of amides is 1. The van der Waals surface area contributed by atoms with Gasteiger partial charge in [-0.3, -0.25) is 9.69 Å². The molecular weight excluding hydrogens is 369 g/mol. The topological polar surface area (TPSA) is 53.6 Å². The lowest BCUT2D eigenvalue weighted by Gasteiger charge is -2.34. The number of hydrogen-bond acceptors (Lipinski definition) is 5. The highest BCUT2D eigenvalue weighted by Crippen LogP contribution is 2.24. The van der Waals surface area contributed by atoms with Crippen molar-refractivity contribution in [3.63, 3.8) is 0 Å². The number of ether oxygens (including phenoxy) is 1. The molecule has 0 saturated carbocycles. The summed E-state index contributed by atoms with van der Waals surface area (Å²) < 4.78 is 5.53. The zero-order chi connectivity index (χ0) is 15.5. The zero-order valence-corrected chi connectivity index (χ0v) is 16.6. The third-order valence-corrected chi connectivity index (χ3v) is 5.65. The molecule has 138 valence electrons. The lowest BCUT2D eigenvalue weighted by atomic mass is 10.1. The number of carbonyl (C=O) groups is 1. The minimum absolute atomic E-state index is 0. The van der Waals surface area contributed by atoms with Crippen molar-refractivity contribution in [2.24, 2.45) is 0 Å². The molecule has 1 unspecified atom stereocenters. The Morgan fingerprint density at radius 2 is 2.33 bits per heavy atom. The maximum atomic E-state index is 12.3. The molecule has 2 aliphatic heterocycles. The van der Waals surface area contributed by atoms with E-state index in [0.717, 1.165) is 26.1 Å². The molecule has 24 heavy (non-hydrogen) atoms. The summed E-state index contributed by atoms with van der Waals surface area (Å²) in [6.07, 6.45) is 1.06. The normalized spacial score (nSPS) is 24.9. The number of halogens is 2. The highest BCUT2D eigenvalue weighted by Gasteiger charge is 2.29. The third kappa shape index (κ3) is 5.07. The summed E-state index contributed by atoms with van der Waals surface area (Å²) in [5.74, 6) is 0.0484. The van der Waals surface area contributed by atoms with Gasteiger partial charge in [0.05, 0.1) is 12.7 Å². The van der Waals surface area contributed by atoms with Crippen molar-refractivity contribution in [3.8, 4) is 0 Å². The molecule has 8 heteroatoms. The Hall–Kier alpha value is -0.370. The van der Waals surface area contributed by atoms with E-state index in [4.69, 9.17) is 4.74 Å². The van der Waals surface area contributed by atoms with Gasteiger partial charge in [0.2, 0.25) is 5.91 Å². The summed E-state index contributed by atoms with van der Waals surface area (Å²) in [6.45, 7) is 8.31. The van der Waals surface area contributed by atoms with Crippen LogP contribution in [0.4, 0.5) is 0 Å². The predicted octanol–water partition coefficient (Wildman–Crippen LogP) is 1.83. The number of fused-ring (bicyclic) bond motifs is 1. The van der Waals surface area contributed by atoms with E-state index in [1.807, 2.05) is 18.3 Å². The van der Waals surface area contributed by atoms with Crippen LogP contribution < -0.4 is 10.6 Å². The average Bonchev–Trinajstić information content (AvgIpc) is 3.00. The SMILES string of the molecule is CC(CNC(=O)[C@H]1NCCO[C@@H]1C)N1CCc2sccc2C1.Cl.Cl. The summed E-state index contributed by atoms with van der Waals surface area (Å²) in [5.41, 5.74) is 1.45. The van der Waals surface area contributed by atoms with Gasteiger partial charge in [-0.15, -0.1) is 36.2 Å². The first-order valence-electron chi connectivity index (χ1n) is 8.07. The molecule has 0 spiro atoms. The van der Waals surface area contributed by atoms with Crippen LogP contribution in [0, 0.1) is 0 Å². The van der Waals surface area contributed by atoms with Gasteiger partial charge in [0.1, 0.15) is 6.04 Å². The molecule has 1 fully saturated rings. The number of carbonyl (C=O) groups excluding carboxylic acids is 1. The van der Waals surface area contributed by atoms with Crippen molar-refractivity contribution < 1.29 is 9.53 Å². The van der Waals surface area contributed by atoms with Crippen molar-refractivity contribution in [3.05, 3.63) is 21.9 Å². The van der Waals surface area contributed by atoms with E-state index in [1.165, 1.54) is 10.4 Å². The molecule has 0 bridgehead atoms. The Morgan fingerprint density at radius 1 is 1.54 bits per heavy atom. The maximum absolute atomic E-state index is 12.3. The number of thiophene rings is 1. The second kappa shape index (κ2) is 9.94. The van der Waals surface area contributed by atoms with Crippen LogP contribution in [0.3, 0.4) is 0 Å². The summed E-state index contributed by atoms with van der Waals surface area (Å²) in [4.78, 5) is 16.2. The quantitative estimate of drug-likeness (QED) is 0.816. The van der Waals surface area contributed by atoms with Gasteiger partial charge in [0.15, 0.2) is 0 Å². The minimum atomic E-state index is -0.231. The van der Waals surface area contributed by atoms with E-state index in [2.05, 4.69) is 33.9 Å². The molecule has 1 saturated heterocycles. The first-order valence-corrected chi connectivity index (χ1v) is 8.95. The average molecular weight is 396 g/mol. The van der Waals surface area contributed by atoms with E-state index in [9.17, 15) is 4.79 Å². The Bertz CT molecular complexity index is 529. The van der Waals surface area contributed by atoms with Crippen molar-refractivity contribution in [1.82, 2.24) is 15.5 Å². The van der Waals surface area contributed by atoms with Crippen LogP contribution in [0.25, 0.3) is 0 Å². The van der Waals surface area contributed by atoms with E-state index in [-0.39, 0.29) is 42.9 Å². The second-order valence-corrected chi connectivity index (χ2v) is 7.19. The smallest absolute Gasteiger partial charge is 0.239 e. The van der Waals surface area contributed by atoms with Crippen LogP contribution >= 0.6 is 36.2 Å². The molecule has 5 nitrogen and oxygen atoms in total. The van der Waals surface area contributed by atoms with Crippen molar-refractivity contribution in [2.45, 2.75) is 45.0 Å². The highest BCUT2D eigenvalue weighted by atomic mass is 35.5. The lowest BCUT2D eigenvalue weighted by Crippen LogP contribution is -2.56. The molecule has 2 aliphatic rings. The molecule has 1 aromatic rings. The van der Waals surface area contributed by atoms with Crippen molar-refractivity contribution in [1.29, 1.82) is 0 Å². The number of nitrogens with one attached hydrogen (secondary N) is 2. The van der Waals surface area contributed by atoms with Crippen LogP contribution in [0.1, 0.15) is 24.3 Å². The van der Waals surface area contributed by atoms with E-state index < -0.39 is 0 Å². The Labute approximate surface area is 160 Å². The van der Waals surface area contributed by atoms with Gasteiger partial charge in [0, 0.05) is 37.1 Å². The van der Waals surface area contributed by atoms with E-state index in [0.29, 0.717) is 19.2 Å². The van der Waals surface area contributed by atoms with Crippen molar-refractivity contribution >= 4 is 42.1 Å².